The first-order valence-electron chi connectivity index (χ1n) is 9.47. The fraction of sp³-hybridized carbons (Fsp3) is 0.611. The van der Waals surface area contributed by atoms with Gasteiger partial charge in [-0.15, -0.1) is 0 Å². The van der Waals surface area contributed by atoms with Crippen molar-refractivity contribution in [3.8, 4) is 0 Å². The van der Waals surface area contributed by atoms with E-state index in [1.807, 2.05) is 0 Å². The van der Waals surface area contributed by atoms with Crippen LogP contribution in [0.3, 0.4) is 0 Å². The first-order chi connectivity index (χ1) is 13.6. The molecule has 10 nitrogen and oxygen atoms in total. The summed E-state index contributed by atoms with van der Waals surface area (Å²) in [6, 6.07) is 2.98. The van der Waals surface area contributed by atoms with Crippen molar-refractivity contribution in [1.29, 1.82) is 0 Å². The zero-order valence-corrected chi connectivity index (χ0v) is 17.8. The van der Waals surface area contributed by atoms with Gasteiger partial charge in [0.2, 0.25) is 15.9 Å². The number of anilines is 1. The molecule has 1 aromatic carbocycles. The number of nitrogens with one attached hydrogen (secondary N) is 1. The highest BCUT2D eigenvalue weighted by Crippen LogP contribution is 2.30. The van der Waals surface area contributed by atoms with Gasteiger partial charge < -0.3 is 10.1 Å². The van der Waals surface area contributed by atoms with E-state index in [0.29, 0.717) is 31.9 Å². The highest BCUT2D eigenvalue weighted by molar-refractivity contribution is 7.92. The quantitative estimate of drug-likeness (QED) is 0.458. The monoisotopic (exact) mass is 428 g/mol. The summed E-state index contributed by atoms with van der Waals surface area (Å²) in [5.74, 6) is -0.433. The summed E-state index contributed by atoms with van der Waals surface area (Å²) in [7, 11) is -3.86. The number of amides is 1. The molecule has 1 aromatic rings. The number of hydrogen-bond acceptors (Lipinski definition) is 7. The zero-order valence-electron chi connectivity index (χ0n) is 17.0. The van der Waals surface area contributed by atoms with Crippen LogP contribution in [0.1, 0.15) is 18.9 Å². The van der Waals surface area contributed by atoms with Gasteiger partial charge in [0.05, 0.1) is 30.1 Å². The molecule has 162 valence electrons. The predicted octanol–water partition coefficient (Wildman–Crippen LogP) is 0.896. The summed E-state index contributed by atoms with van der Waals surface area (Å²) >= 11 is 0. The molecular formula is C18H28N4O6S. The van der Waals surface area contributed by atoms with Gasteiger partial charge in [-0.3, -0.25) is 24.1 Å². The molecule has 1 fully saturated rings. The molecule has 1 N–H and O–H groups in total. The number of non-ortho nitro benzene ring substituents is 1. The predicted molar refractivity (Wildman–Crippen MR) is 110 cm³/mol. The Morgan fingerprint density at radius 1 is 1.38 bits per heavy atom. The van der Waals surface area contributed by atoms with Gasteiger partial charge in [0, 0.05) is 38.3 Å². The molecule has 1 atom stereocenters. The van der Waals surface area contributed by atoms with E-state index >= 15 is 0 Å². The molecular weight excluding hydrogens is 400 g/mol. The van der Waals surface area contributed by atoms with Crippen molar-refractivity contribution in [1.82, 2.24) is 10.2 Å². The normalized spacial score (nSPS) is 16.2. The second kappa shape index (κ2) is 9.99. The summed E-state index contributed by atoms with van der Waals surface area (Å²) in [6.45, 7) is 7.25. The second-order valence-corrected chi connectivity index (χ2v) is 8.82. The summed E-state index contributed by atoms with van der Waals surface area (Å²) in [5, 5.41) is 13.9. The third-order valence-electron chi connectivity index (χ3n) is 4.80. The Hall–Kier alpha value is -2.24. The van der Waals surface area contributed by atoms with Crippen molar-refractivity contribution >= 4 is 27.3 Å². The van der Waals surface area contributed by atoms with Crippen molar-refractivity contribution < 1.29 is 22.9 Å². The Labute approximate surface area is 171 Å². The van der Waals surface area contributed by atoms with Crippen molar-refractivity contribution in [2.75, 3.05) is 50.0 Å². The van der Waals surface area contributed by atoms with Gasteiger partial charge in [-0.25, -0.2) is 8.42 Å². The molecule has 0 saturated carbocycles. The molecule has 0 aromatic heterocycles. The number of nitrogens with zero attached hydrogens (tertiary/aromatic N) is 3. The Morgan fingerprint density at radius 2 is 2.03 bits per heavy atom. The average molecular weight is 429 g/mol. The maximum Gasteiger partial charge on any atom is 0.271 e. The fourth-order valence-corrected chi connectivity index (χ4v) is 4.53. The lowest BCUT2D eigenvalue weighted by Gasteiger charge is -2.31. The molecule has 0 radical (unpaired) electrons. The van der Waals surface area contributed by atoms with E-state index in [9.17, 15) is 23.3 Å². The summed E-state index contributed by atoms with van der Waals surface area (Å²) < 4.78 is 31.4. The molecule has 1 saturated heterocycles. The summed E-state index contributed by atoms with van der Waals surface area (Å²) in [4.78, 5) is 25.5. The van der Waals surface area contributed by atoms with Crippen LogP contribution in [0, 0.1) is 17.0 Å². The van der Waals surface area contributed by atoms with Crippen LogP contribution in [0.2, 0.25) is 0 Å². The second-order valence-electron chi connectivity index (χ2n) is 6.96. The SMILES string of the molecule is CC[C@H](C(=O)NCCN1CCOCC1)N(c1cc([N+](=O)[O-])ccc1C)S(C)(=O)=O. The van der Waals surface area contributed by atoms with E-state index in [1.165, 1.54) is 18.2 Å². The lowest BCUT2D eigenvalue weighted by Crippen LogP contribution is -2.51. The molecule has 1 aliphatic heterocycles. The number of hydrogen-bond donors (Lipinski definition) is 1. The molecule has 1 heterocycles. The maximum atomic E-state index is 12.8. The Bertz CT molecular complexity index is 839. The van der Waals surface area contributed by atoms with E-state index in [0.717, 1.165) is 23.7 Å². The van der Waals surface area contributed by atoms with Crippen LogP contribution >= 0.6 is 0 Å². The number of nitro groups is 1. The van der Waals surface area contributed by atoms with Gasteiger partial charge in [-0.2, -0.15) is 0 Å². The maximum absolute atomic E-state index is 12.8. The van der Waals surface area contributed by atoms with E-state index < -0.39 is 26.9 Å². The number of sulfonamides is 1. The standard InChI is InChI=1S/C18H28N4O6S/c1-4-16(18(23)19-7-8-20-9-11-28-12-10-20)21(29(3,26)27)17-13-15(22(24)25)6-5-14(17)2/h5-6,13,16H,4,7-12H2,1-3H3,(H,19,23)/t16-/m1/s1. The molecule has 0 unspecified atom stereocenters. The number of rotatable bonds is 9. The van der Waals surface area contributed by atoms with Crippen LogP contribution in [-0.4, -0.2) is 75.8 Å². The summed E-state index contributed by atoms with van der Waals surface area (Å²) in [5.41, 5.74) is 0.430. The fourth-order valence-electron chi connectivity index (χ4n) is 3.26. The number of nitro benzene ring substituents is 1. The van der Waals surface area contributed by atoms with E-state index in [1.54, 1.807) is 13.8 Å². The minimum Gasteiger partial charge on any atom is -0.379 e. The van der Waals surface area contributed by atoms with E-state index in [-0.39, 0.29) is 17.8 Å². The van der Waals surface area contributed by atoms with Crippen LogP contribution < -0.4 is 9.62 Å². The Balaban J connectivity index is 2.22. The molecule has 0 bridgehead atoms. The third-order valence-corrected chi connectivity index (χ3v) is 5.97. The number of morpholine rings is 1. The molecule has 1 amide bonds. The van der Waals surface area contributed by atoms with Crippen LogP contribution in [-0.2, 0) is 19.6 Å². The highest BCUT2D eigenvalue weighted by atomic mass is 32.2. The van der Waals surface area contributed by atoms with E-state index in [2.05, 4.69) is 10.2 Å². The van der Waals surface area contributed by atoms with Gasteiger partial charge in [0.15, 0.2) is 0 Å². The topological polar surface area (TPSA) is 122 Å². The zero-order chi connectivity index (χ0) is 21.6. The molecule has 2 rings (SSSR count). The lowest BCUT2D eigenvalue weighted by atomic mass is 10.1. The number of benzene rings is 1. The lowest BCUT2D eigenvalue weighted by molar-refractivity contribution is -0.384. The largest absolute Gasteiger partial charge is 0.379 e. The van der Waals surface area contributed by atoms with Crippen molar-refractivity contribution in [3.05, 3.63) is 33.9 Å². The molecule has 0 spiro atoms. The Morgan fingerprint density at radius 3 is 2.59 bits per heavy atom. The van der Waals surface area contributed by atoms with Gasteiger partial charge in [0.1, 0.15) is 6.04 Å². The Kier molecular flexibility index (Phi) is 7.94. The molecule has 1 aliphatic rings. The molecule has 11 heteroatoms. The highest BCUT2D eigenvalue weighted by Gasteiger charge is 2.33. The van der Waals surface area contributed by atoms with Gasteiger partial charge >= 0.3 is 0 Å². The first-order valence-corrected chi connectivity index (χ1v) is 11.3. The van der Waals surface area contributed by atoms with Crippen LogP contribution in [0.15, 0.2) is 18.2 Å². The van der Waals surface area contributed by atoms with Gasteiger partial charge in [-0.1, -0.05) is 13.0 Å². The number of carbonyl (C=O) groups is 1. The van der Waals surface area contributed by atoms with Crippen LogP contribution in [0.5, 0.6) is 0 Å². The van der Waals surface area contributed by atoms with Gasteiger partial charge in [-0.05, 0) is 18.9 Å². The minimum atomic E-state index is -3.86. The van der Waals surface area contributed by atoms with Crippen LogP contribution in [0.25, 0.3) is 0 Å². The van der Waals surface area contributed by atoms with Gasteiger partial charge in [0.25, 0.3) is 5.69 Å². The van der Waals surface area contributed by atoms with Crippen molar-refractivity contribution in [2.24, 2.45) is 0 Å². The minimum absolute atomic E-state index is 0.136. The van der Waals surface area contributed by atoms with Crippen molar-refractivity contribution in [2.45, 2.75) is 26.3 Å². The number of carbonyl (C=O) groups excluding carboxylic acids is 1. The number of ether oxygens (including phenoxy) is 1. The smallest absolute Gasteiger partial charge is 0.271 e. The molecule has 0 aliphatic carbocycles. The van der Waals surface area contributed by atoms with Crippen molar-refractivity contribution in [3.63, 3.8) is 0 Å². The average Bonchev–Trinajstić information content (AvgIpc) is 2.66. The first kappa shape index (κ1) is 23.0. The third kappa shape index (κ3) is 6.12. The summed E-state index contributed by atoms with van der Waals surface area (Å²) in [6.07, 6.45) is 1.22. The molecule has 29 heavy (non-hydrogen) atoms. The van der Waals surface area contributed by atoms with E-state index in [4.69, 9.17) is 4.74 Å². The number of aryl methyl sites for hydroxylation is 1. The van der Waals surface area contributed by atoms with Crippen LogP contribution in [0.4, 0.5) is 11.4 Å².